The number of hydrogen-bond donors (Lipinski definition) is 0. The number of nitrogens with zero attached hydrogens (tertiary/aromatic N) is 4. The summed E-state index contributed by atoms with van der Waals surface area (Å²) in [7, 11) is 28.2. The zero-order valence-electron chi connectivity index (χ0n) is 20.0. The molecule has 31 heavy (non-hydrogen) atoms. The minimum atomic E-state index is -1.92. The van der Waals surface area contributed by atoms with Gasteiger partial charge in [0.25, 0.3) is 0 Å². The Hall–Kier alpha value is 1.26. The van der Waals surface area contributed by atoms with Gasteiger partial charge in [0.2, 0.25) is 0 Å². The third-order valence-electron chi connectivity index (χ3n) is 5.46. The van der Waals surface area contributed by atoms with Gasteiger partial charge in [-0.25, -0.2) is 0 Å². The Labute approximate surface area is 207 Å². The summed E-state index contributed by atoms with van der Waals surface area (Å²) in [4.78, 5) is 6.72. The van der Waals surface area contributed by atoms with Crippen LogP contribution in [-0.4, -0.2) is 115 Å². The number of ether oxygens (including phenoxy) is 4. The van der Waals surface area contributed by atoms with Crippen molar-refractivity contribution in [1.82, 2.24) is 14.7 Å². The van der Waals surface area contributed by atoms with Crippen LogP contribution in [0.15, 0.2) is 0 Å². The molecule has 0 spiro atoms. The van der Waals surface area contributed by atoms with Crippen LogP contribution in [0.25, 0.3) is 5.32 Å². The molecule has 12 heteroatoms. The van der Waals surface area contributed by atoms with Gasteiger partial charge in [0, 0.05) is 48.1 Å². The standard InChI is InChI=1S/C19H41N4O4.3ClH.Ti/c1-21-13-9-16(24-4)20-12-8-17(25-5)22(2)14-10-19(27-7)23(3)15-11-18(21)26-6;;;;/h16-19H,8-15H2,1-7H3;3*1H;/q-1;;;;+4/p-3. The van der Waals surface area contributed by atoms with E-state index >= 15 is 0 Å². The van der Waals surface area contributed by atoms with Gasteiger partial charge in [0.15, 0.2) is 0 Å². The average molecular weight is 544 g/mol. The number of rotatable bonds is 4. The predicted octanol–water partition coefficient (Wildman–Crippen LogP) is 3.69. The molecule has 1 rings (SSSR count). The van der Waals surface area contributed by atoms with E-state index in [1.165, 1.54) is 0 Å². The summed E-state index contributed by atoms with van der Waals surface area (Å²) in [5.74, 6) is 0. The van der Waals surface area contributed by atoms with Crippen LogP contribution in [-0.2, 0) is 33.6 Å². The van der Waals surface area contributed by atoms with Gasteiger partial charge < -0.3 is 24.3 Å². The van der Waals surface area contributed by atoms with Crippen LogP contribution in [0.1, 0.15) is 25.7 Å². The summed E-state index contributed by atoms with van der Waals surface area (Å²) in [5.41, 5.74) is 0. The SMILES string of the molecule is COC1CCN(C)C(OC)CCN(C)C(OC)CCN(C)C(OC)CC[N-]1.[Cl][Ti+]([Cl])[Cl]. The van der Waals surface area contributed by atoms with Crippen molar-refractivity contribution in [3.05, 3.63) is 5.32 Å². The Kier molecular flexibility index (Phi) is 20.4. The van der Waals surface area contributed by atoms with Crippen LogP contribution in [0.5, 0.6) is 0 Å². The van der Waals surface area contributed by atoms with Gasteiger partial charge in [0.1, 0.15) is 18.7 Å². The van der Waals surface area contributed by atoms with E-state index in [0.29, 0.717) is 6.54 Å². The second-order valence-electron chi connectivity index (χ2n) is 7.48. The van der Waals surface area contributed by atoms with Crippen LogP contribution in [0.2, 0.25) is 0 Å². The van der Waals surface area contributed by atoms with Crippen LogP contribution in [0.3, 0.4) is 0 Å². The molecule has 0 aromatic carbocycles. The molecule has 1 aliphatic rings. The first kappa shape index (κ1) is 32.3. The van der Waals surface area contributed by atoms with Crippen molar-refractivity contribution in [2.75, 3.05) is 75.8 Å². The molecule has 0 radical (unpaired) electrons. The number of hydrogen-bond acceptors (Lipinski definition) is 7. The molecule has 0 amide bonds. The minimum absolute atomic E-state index is 0.0440. The molecule has 1 aliphatic heterocycles. The van der Waals surface area contributed by atoms with Gasteiger partial charge in [0.05, 0.1) is 0 Å². The summed E-state index contributed by atoms with van der Waals surface area (Å²) in [6.45, 7) is 3.37. The van der Waals surface area contributed by atoms with E-state index in [0.717, 1.165) is 45.3 Å². The van der Waals surface area contributed by atoms with Crippen molar-refractivity contribution in [2.45, 2.75) is 50.6 Å². The van der Waals surface area contributed by atoms with E-state index < -0.39 is 14.7 Å². The van der Waals surface area contributed by atoms with Crippen LogP contribution < -0.4 is 0 Å². The first-order valence-corrected chi connectivity index (χ1v) is 16.9. The normalized spacial score (nSPS) is 29.2. The van der Waals surface area contributed by atoms with Crippen molar-refractivity contribution in [3.8, 4) is 0 Å². The number of methoxy groups -OCH3 is 4. The Bertz CT molecular complexity index is 433. The molecule has 186 valence electrons. The molecule has 4 unspecified atom stereocenters. The van der Waals surface area contributed by atoms with Crippen molar-refractivity contribution in [2.24, 2.45) is 0 Å². The monoisotopic (exact) mass is 542 g/mol. The molecule has 8 nitrogen and oxygen atoms in total. The summed E-state index contributed by atoms with van der Waals surface area (Å²) in [6, 6.07) is 0. The summed E-state index contributed by atoms with van der Waals surface area (Å²) in [6.07, 6.45) is 3.60. The van der Waals surface area contributed by atoms with Gasteiger partial charge in [-0.1, -0.05) is 0 Å². The van der Waals surface area contributed by atoms with E-state index in [9.17, 15) is 0 Å². The maximum absolute atomic E-state index is 5.72. The molecular formula is C19H41Cl3N4O4Ti. The first-order valence-electron chi connectivity index (χ1n) is 10.4. The predicted molar refractivity (Wildman–Crippen MR) is 125 cm³/mol. The van der Waals surface area contributed by atoms with E-state index in [1.807, 2.05) is 0 Å². The molecule has 0 aliphatic carbocycles. The second-order valence-corrected chi connectivity index (χ2v) is 15.2. The van der Waals surface area contributed by atoms with Crippen LogP contribution in [0, 0.1) is 0 Å². The van der Waals surface area contributed by atoms with Gasteiger partial charge in [-0.15, -0.1) is 6.54 Å². The van der Waals surface area contributed by atoms with E-state index in [-0.39, 0.29) is 24.9 Å². The van der Waals surface area contributed by atoms with Gasteiger partial charge >= 0.3 is 42.6 Å². The van der Waals surface area contributed by atoms with Crippen molar-refractivity contribution in [1.29, 1.82) is 0 Å². The van der Waals surface area contributed by atoms with Crippen molar-refractivity contribution < 1.29 is 33.6 Å². The maximum atomic E-state index is 5.72. The van der Waals surface area contributed by atoms with Gasteiger partial charge in [-0.05, 0) is 53.1 Å². The van der Waals surface area contributed by atoms with Crippen molar-refractivity contribution in [3.63, 3.8) is 0 Å². The molecule has 0 bridgehead atoms. The molecule has 0 aromatic heterocycles. The third-order valence-corrected chi connectivity index (χ3v) is 5.46. The first-order chi connectivity index (χ1) is 14.7. The van der Waals surface area contributed by atoms with Gasteiger partial charge in [-0.3, -0.25) is 14.7 Å². The molecule has 0 aromatic rings. The van der Waals surface area contributed by atoms with Gasteiger partial charge in [-0.2, -0.15) is 0 Å². The molecule has 1 heterocycles. The zero-order valence-corrected chi connectivity index (χ0v) is 23.9. The van der Waals surface area contributed by atoms with Crippen molar-refractivity contribution >= 4 is 27.9 Å². The summed E-state index contributed by atoms with van der Waals surface area (Å²) in [5, 5.41) is 4.70. The quantitative estimate of drug-likeness (QED) is 0.502. The second kappa shape index (κ2) is 19.6. The Balaban J connectivity index is 0.00000206. The molecule has 4 atom stereocenters. The Morgan fingerprint density at radius 1 is 0.645 bits per heavy atom. The van der Waals surface area contributed by atoms with Crippen LogP contribution >= 0.6 is 27.9 Å². The average Bonchev–Trinajstić information content (AvgIpc) is 2.72. The number of halogens is 3. The zero-order chi connectivity index (χ0) is 23.8. The third kappa shape index (κ3) is 15.0. The summed E-state index contributed by atoms with van der Waals surface area (Å²) >= 11 is -1.92. The molecule has 1 saturated heterocycles. The summed E-state index contributed by atoms with van der Waals surface area (Å²) < 4.78 is 22.6. The van der Waals surface area contributed by atoms with E-state index in [1.54, 1.807) is 28.4 Å². The Morgan fingerprint density at radius 3 is 1.35 bits per heavy atom. The topological polar surface area (TPSA) is 60.7 Å². The molecule has 1 fully saturated rings. The Morgan fingerprint density at radius 2 is 1.00 bits per heavy atom. The molecular weight excluding hydrogens is 502 g/mol. The fourth-order valence-corrected chi connectivity index (χ4v) is 3.54. The fourth-order valence-electron chi connectivity index (χ4n) is 3.54. The molecule has 0 N–H and O–H groups in total. The van der Waals surface area contributed by atoms with E-state index in [2.05, 4.69) is 35.8 Å². The molecule has 0 saturated carbocycles. The van der Waals surface area contributed by atoms with Crippen LogP contribution in [0.4, 0.5) is 0 Å². The fraction of sp³-hybridized carbons (Fsp3) is 1.00. The van der Waals surface area contributed by atoms with E-state index in [4.69, 9.17) is 52.2 Å².